The van der Waals surface area contributed by atoms with E-state index in [2.05, 4.69) is 53.4 Å². The molecule has 132 valence electrons. The smallest absolute Gasteiger partial charge is 0.0951 e. The van der Waals surface area contributed by atoms with Gasteiger partial charge in [-0.2, -0.15) is 0 Å². The van der Waals surface area contributed by atoms with Crippen LogP contribution in [0.5, 0.6) is 0 Å². The Morgan fingerprint density at radius 3 is 2.24 bits per heavy atom. The summed E-state index contributed by atoms with van der Waals surface area (Å²) in [5.74, 6) is 0.782. The van der Waals surface area contributed by atoms with Crippen molar-refractivity contribution in [2.75, 3.05) is 31.1 Å². The number of quaternary nitrogens is 1. The zero-order chi connectivity index (χ0) is 17.1. The van der Waals surface area contributed by atoms with E-state index >= 15 is 0 Å². The zero-order valence-electron chi connectivity index (χ0n) is 14.8. The van der Waals surface area contributed by atoms with E-state index in [9.17, 15) is 0 Å². The molecule has 0 bridgehead atoms. The second-order valence-electron chi connectivity index (χ2n) is 7.58. The SMILES string of the molecule is Clc1cccc(N2CC[NH+](C3CCC(c4ccccc4)CC3)CC2)c1. The van der Waals surface area contributed by atoms with Crippen LogP contribution >= 0.6 is 11.6 Å². The van der Waals surface area contributed by atoms with Crippen molar-refractivity contribution in [3.63, 3.8) is 0 Å². The lowest BCUT2D eigenvalue weighted by atomic mass is 9.81. The molecule has 1 saturated carbocycles. The average Bonchev–Trinajstić information content (AvgIpc) is 2.69. The fraction of sp³-hybridized carbons (Fsp3) is 0.455. The van der Waals surface area contributed by atoms with Gasteiger partial charge >= 0.3 is 0 Å². The molecule has 1 saturated heterocycles. The van der Waals surface area contributed by atoms with E-state index in [-0.39, 0.29) is 0 Å². The number of halogens is 1. The second-order valence-corrected chi connectivity index (χ2v) is 8.02. The van der Waals surface area contributed by atoms with Crippen molar-refractivity contribution in [3.05, 3.63) is 65.2 Å². The van der Waals surface area contributed by atoms with E-state index in [0.717, 1.165) is 30.1 Å². The van der Waals surface area contributed by atoms with Gasteiger partial charge in [0.15, 0.2) is 0 Å². The van der Waals surface area contributed by atoms with Crippen LogP contribution in [0.4, 0.5) is 5.69 Å². The van der Waals surface area contributed by atoms with E-state index in [4.69, 9.17) is 11.6 Å². The lowest BCUT2D eigenvalue weighted by molar-refractivity contribution is -0.927. The van der Waals surface area contributed by atoms with Crippen LogP contribution < -0.4 is 9.80 Å². The van der Waals surface area contributed by atoms with Gasteiger partial charge in [0, 0.05) is 10.7 Å². The first-order valence-corrected chi connectivity index (χ1v) is 10.1. The van der Waals surface area contributed by atoms with Crippen molar-refractivity contribution in [2.24, 2.45) is 0 Å². The first kappa shape index (κ1) is 16.9. The molecule has 4 rings (SSSR count). The summed E-state index contributed by atoms with van der Waals surface area (Å²) in [6, 6.07) is 20.3. The Morgan fingerprint density at radius 2 is 1.56 bits per heavy atom. The molecule has 25 heavy (non-hydrogen) atoms. The Bertz CT molecular complexity index is 671. The summed E-state index contributed by atoms with van der Waals surface area (Å²) < 4.78 is 0. The molecule has 1 N–H and O–H groups in total. The minimum Gasteiger partial charge on any atom is -0.360 e. The summed E-state index contributed by atoms with van der Waals surface area (Å²) in [6.45, 7) is 4.81. The monoisotopic (exact) mass is 355 g/mol. The predicted molar refractivity (Wildman–Crippen MR) is 106 cm³/mol. The molecule has 1 heterocycles. The number of hydrogen-bond acceptors (Lipinski definition) is 1. The van der Waals surface area contributed by atoms with Gasteiger partial charge in [-0.05, 0) is 55.4 Å². The van der Waals surface area contributed by atoms with Crippen LogP contribution in [0.25, 0.3) is 0 Å². The molecule has 2 aromatic carbocycles. The maximum absolute atomic E-state index is 6.15. The highest BCUT2D eigenvalue weighted by Gasteiger charge is 2.31. The molecular weight excluding hydrogens is 328 g/mol. The zero-order valence-corrected chi connectivity index (χ0v) is 15.6. The molecule has 0 atom stereocenters. The third-order valence-corrected chi connectivity index (χ3v) is 6.39. The van der Waals surface area contributed by atoms with Crippen LogP contribution in [-0.2, 0) is 0 Å². The molecule has 0 radical (unpaired) electrons. The fourth-order valence-corrected chi connectivity index (χ4v) is 4.88. The highest BCUT2D eigenvalue weighted by Crippen LogP contribution is 2.32. The number of nitrogens with one attached hydrogen (secondary N) is 1. The molecule has 2 nitrogen and oxygen atoms in total. The summed E-state index contributed by atoms with van der Waals surface area (Å²) >= 11 is 6.15. The van der Waals surface area contributed by atoms with E-state index in [1.54, 1.807) is 5.56 Å². The molecule has 2 fully saturated rings. The van der Waals surface area contributed by atoms with E-state index < -0.39 is 0 Å². The van der Waals surface area contributed by atoms with Gasteiger partial charge in [-0.3, -0.25) is 0 Å². The Kier molecular flexibility index (Phi) is 5.28. The molecule has 3 heteroatoms. The maximum atomic E-state index is 6.15. The highest BCUT2D eigenvalue weighted by molar-refractivity contribution is 6.30. The first-order valence-electron chi connectivity index (χ1n) is 9.69. The topological polar surface area (TPSA) is 7.68 Å². The van der Waals surface area contributed by atoms with E-state index in [1.165, 1.54) is 44.5 Å². The Hall–Kier alpha value is -1.51. The molecule has 1 aliphatic heterocycles. The largest absolute Gasteiger partial charge is 0.360 e. The molecule has 2 aliphatic rings. The number of hydrogen-bond donors (Lipinski definition) is 1. The van der Waals surface area contributed by atoms with Crippen LogP contribution in [0.3, 0.4) is 0 Å². The Morgan fingerprint density at radius 1 is 0.840 bits per heavy atom. The standard InChI is InChI=1S/C22H27ClN2/c23-20-7-4-8-22(17-20)25-15-13-24(14-16-25)21-11-9-19(10-12-21)18-5-2-1-3-6-18/h1-8,17,19,21H,9-16H2/p+1. The summed E-state index contributed by atoms with van der Waals surface area (Å²) in [6.07, 6.45) is 5.48. The maximum Gasteiger partial charge on any atom is 0.0951 e. The number of benzene rings is 2. The third-order valence-electron chi connectivity index (χ3n) is 6.15. The van der Waals surface area contributed by atoms with Crippen LogP contribution in [-0.4, -0.2) is 32.2 Å². The van der Waals surface area contributed by atoms with Crippen LogP contribution in [0.2, 0.25) is 5.02 Å². The minimum atomic E-state index is 0.782. The normalized spacial score (nSPS) is 25.1. The van der Waals surface area contributed by atoms with Gasteiger partial charge < -0.3 is 9.80 Å². The average molecular weight is 356 g/mol. The van der Waals surface area contributed by atoms with Gasteiger partial charge in [0.05, 0.1) is 32.2 Å². The van der Waals surface area contributed by atoms with Crippen molar-refractivity contribution in [1.82, 2.24) is 0 Å². The van der Waals surface area contributed by atoms with Crippen molar-refractivity contribution in [1.29, 1.82) is 0 Å². The fourth-order valence-electron chi connectivity index (χ4n) is 4.69. The molecule has 0 spiro atoms. The Labute approximate surface area is 156 Å². The lowest BCUT2D eigenvalue weighted by Crippen LogP contribution is -3.18. The first-order chi connectivity index (χ1) is 12.3. The number of rotatable bonds is 3. The van der Waals surface area contributed by atoms with Gasteiger partial charge in [-0.25, -0.2) is 0 Å². The van der Waals surface area contributed by atoms with Gasteiger partial charge in [-0.1, -0.05) is 48.0 Å². The highest BCUT2D eigenvalue weighted by atomic mass is 35.5. The molecule has 0 unspecified atom stereocenters. The number of anilines is 1. The van der Waals surface area contributed by atoms with Crippen molar-refractivity contribution >= 4 is 17.3 Å². The molecule has 0 aromatic heterocycles. The summed E-state index contributed by atoms with van der Waals surface area (Å²) in [4.78, 5) is 4.31. The van der Waals surface area contributed by atoms with E-state index in [0.29, 0.717) is 0 Å². The van der Waals surface area contributed by atoms with Gasteiger partial charge in [0.2, 0.25) is 0 Å². The third kappa shape index (κ3) is 4.02. The van der Waals surface area contributed by atoms with Gasteiger partial charge in [-0.15, -0.1) is 0 Å². The summed E-state index contributed by atoms with van der Waals surface area (Å²) in [5, 5.41) is 0.839. The van der Waals surface area contributed by atoms with Crippen molar-refractivity contribution in [2.45, 2.75) is 37.6 Å². The summed E-state index contributed by atoms with van der Waals surface area (Å²) in [5.41, 5.74) is 2.82. The van der Waals surface area contributed by atoms with Crippen LogP contribution in [0, 0.1) is 0 Å². The van der Waals surface area contributed by atoms with Crippen LogP contribution in [0.1, 0.15) is 37.2 Å². The van der Waals surface area contributed by atoms with Gasteiger partial charge in [0.1, 0.15) is 0 Å². The number of nitrogens with zero attached hydrogens (tertiary/aromatic N) is 1. The molecule has 1 aliphatic carbocycles. The minimum absolute atomic E-state index is 0.782. The molecule has 2 aromatic rings. The predicted octanol–water partition coefficient (Wildman–Crippen LogP) is 3.77. The summed E-state index contributed by atoms with van der Waals surface area (Å²) in [7, 11) is 0. The lowest BCUT2D eigenvalue weighted by Gasteiger charge is -2.40. The van der Waals surface area contributed by atoms with Gasteiger partial charge in [0.25, 0.3) is 0 Å². The molecular formula is C22H28ClN2+. The van der Waals surface area contributed by atoms with Crippen molar-refractivity contribution < 1.29 is 4.90 Å². The van der Waals surface area contributed by atoms with Crippen LogP contribution in [0.15, 0.2) is 54.6 Å². The Balaban J connectivity index is 1.29. The second kappa shape index (κ2) is 7.80. The van der Waals surface area contributed by atoms with Crippen molar-refractivity contribution in [3.8, 4) is 0 Å². The quantitative estimate of drug-likeness (QED) is 0.880. The molecule has 0 amide bonds. The number of piperazine rings is 1. The van der Waals surface area contributed by atoms with E-state index in [1.807, 2.05) is 11.0 Å².